The van der Waals surface area contributed by atoms with Crippen LogP contribution < -0.4 is 14.8 Å². The van der Waals surface area contributed by atoms with Crippen LogP contribution in [0.15, 0.2) is 77.8 Å². The number of anilines is 1. The van der Waals surface area contributed by atoms with Crippen LogP contribution in [-0.4, -0.2) is 47.9 Å². The number of ether oxygens (including phenoxy) is 2. The van der Waals surface area contributed by atoms with Gasteiger partial charge in [0.1, 0.15) is 16.8 Å². The zero-order valence-electron chi connectivity index (χ0n) is 19.9. The first-order valence-electron chi connectivity index (χ1n) is 11.4. The van der Waals surface area contributed by atoms with Crippen LogP contribution in [0.5, 0.6) is 11.5 Å². The number of amides is 2. The lowest BCUT2D eigenvalue weighted by molar-refractivity contribution is -0.128. The Morgan fingerprint density at radius 1 is 1.03 bits per heavy atom. The summed E-state index contributed by atoms with van der Waals surface area (Å²) in [5.74, 6) is 0.203. The summed E-state index contributed by atoms with van der Waals surface area (Å²) >= 11 is 1.17. The molecule has 1 atom stereocenters. The molecule has 1 heterocycles. The molecule has 1 N–H and O–H groups in total. The van der Waals surface area contributed by atoms with Gasteiger partial charge in [0.25, 0.3) is 0 Å². The third kappa shape index (κ3) is 6.04. The number of thioether (sulfide) groups is 1. The molecule has 1 aliphatic heterocycles. The van der Waals surface area contributed by atoms with Crippen LogP contribution in [0.4, 0.5) is 15.8 Å². The predicted molar refractivity (Wildman–Crippen MR) is 140 cm³/mol. The van der Waals surface area contributed by atoms with Crippen molar-refractivity contribution in [2.75, 3.05) is 26.1 Å². The zero-order chi connectivity index (χ0) is 25.5. The maximum atomic E-state index is 14.3. The molecule has 0 bridgehead atoms. The van der Waals surface area contributed by atoms with Crippen LogP contribution in [0.1, 0.15) is 12.0 Å². The van der Waals surface area contributed by atoms with E-state index in [1.54, 1.807) is 50.6 Å². The predicted octanol–water partition coefficient (Wildman–Crippen LogP) is 5.05. The average molecular weight is 508 g/mol. The van der Waals surface area contributed by atoms with E-state index in [1.807, 2.05) is 30.3 Å². The molecule has 0 saturated carbocycles. The zero-order valence-corrected chi connectivity index (χ0v) is 20.8. The van der Waals surface area contributed by atoms with E-state index in [9.17, 15) is 14.0 Å². The highest BCUT2D eigenvalue weighted by Gasteiger charge is 2.39. The number of benzene rings is 3. The number of nitrogens with one attached hydrogen (secondary N) is 1. The molecule has 0 radical (unpaired) electrons. The summed E-state index contributed by atoms with van der Waals surface area (Å²) in [6.45, 7) is 0.311. The molecule has 3 aromatic rings. The Balaban J connectivity index is 1.53. The van der Waals surface area contributed by atoms with Crippen molar-refractivity contribution < 1.29 is 23.5 Å². The van der Waals surface area contributed by atoms with E-state index in [2.05, 4.69) is 10.3 Å². The van der Waals surface area contributed by atoms with Crippen molar-refractivity contribution >= 4 is 40.1 Å². The molecule has 1 saturated heterocycles. The summed E-state index contributed by atoms with van der Waals surface area (Å²) in [6, 6.07) is 20.7. The van der Waals surface area contributed by atoms with E-state index in [0.29, 0.717) is 35.3 Å². The van der Waals surface area contributed by atoms with Gasteiger partial charge in [-0.05, 0) is 48.4 Å². The normalized spacial score (nSPS) is 16.3. The number of aliphatic imine (C=N–C) groups is 1. The first-order chi connectivity index (χ1) is 17.5. The third-order valence-electron chi connectivity index (χ3n) is 5.59. The van der Waals surface area contributed by atoms with E-state index < -0.39 is 11.1 Å². The quantitative estimate of drug-likeness (QED) is 0.439. The minimum Gasteiger partial charge on any atom is -0.493 e. The van der Waals surface area contributed by atoms with Gasteiger partial charge in [-0.25, -0.2) is 9.38 Å². The number of carbonyl (C=O) groups is 2. The Morgan fingerprint density at radius 2 is 1.75 bits per heavy atom. The van der Waals surface area contributed by atoms with E-state index in [1.165, 1.54) is 22.7 Å². The fourth-order valence-electron chi connectivity index (χ4n) is 3.76. The molecular weight excluding hydrogens is 481 g/mol. The topological polar surface area (TPSA) is 80.2 Å². The summed E-state index contributed by atoms with van der Waals surface area (Å²) in [5.41, 5.74) is 1.72. The molecule has 9 heteroatoms. The van der Waals surface area contributed by atoms with Crippen molar-refractivity contribution in [3.8, 4) is 11.5 Å². The summed E-state index contributed by atoms with van der Waals surface area (Å²) in [4.78, 5) is 31.9. The Morgan fingerprint density at radius 3 is 2.47 bits per heavy atom. The molecule has 2 amide bonds. The second kappa shape index (κ2) is 11.7. The molecular formula is C27H26FN3O4S. The van der Waals surface area contributed by atoms with Gasteiger partial charge in [-0.2, -0.15) is 0 Å². The number of carbonyl (C=O) groups excluding carboxylic acids is 2. The van der Waals surface area contributed by atoms with E-state index >= 15 is 0 Å². The van der Waals surface area contributed by atoms with Crippen LogP contribution >= 0.6 is 11.8 Å². The lowest BCUT2D eigenvalue weighted by atomic mass is 10.1. The molecule has 3 aromatic carbocycles. The second-order valence-electron chi connectivity index (χ2n) is 8.00. The van der Waals surface area contributed by atoms with Crippen LogP contribution in [0.3, 0.4) is 0 Å². The van der Waals surface area contributed by atoms with E-state index in [0.717, 1.165) is 5.56 Å². The van der Waals surface area contributed by atoms with Crippen molar-refractivity contribution in [2.45, 2.75) is 18.1 Å². The van der Waals surface area contributed by atoms with Crippen LogP contribution in [0.25, 0.3) is 0 Å². The smallest absolute Gasteiger partial charge is 0.242 e. The van der Waals surface area contributed by atoms with E-state index in [4.69, 9.17) is 9.47 Å². The number of rotatable bonds is 9. The summed E-state index contributed by atoms with van der Waals surface area (Å²) in [7, 11) is 3.13. The van der Waals surface area contributed by atoms with Crippen molar-refractivity contribution in [3.63, 3.8) is 0 Å². The number of para-hydroxylation sites is 2. The fraction of sp³-hybridized carbons (Fsp3) is 0.222. The van der Waals surface area contributed by atoms with Crippen molar-refractivity contribution in [1.82, 2.24) is 4.90 Å². The highest BCUT2D eigenvalue weighted by molar-refractivity contribution is 8.15. The Kier molecular flexibility index (Phi) is 8.22. The lowest BCUT2D eigenvalue weighted by Gasteiger charge is -2.17. The number of methoxy groups -OCH3 is 2. The Labute approximate surface area is 213 Å². The van der Waals surface area contributed by atoms with Gasteiger partial charge in [-0.15, -0.1) is 0 Å². The van der Waals surface area contributed by atoms with Crippen molar-refractivity contribution in [3.05, 3.63) is 84.2 Å². The van der Waals surface area contributed by atoms with Gasteiger partial charge in [0.05, 0.1) is 14.2 Å². The van der Waals surface area contributed by atoms with Crippen molar-refractivity contribution in [2.24, 2.45) is 4.99 Å². The van der Waals surface area contributed by atoms with Gasteiger partial charge in [-0.3, -0.25) is 14.5 Å². The number of halogens is 1. The first kappa shape index (κ1) is 25.2. The molecule has 186 valence electrons. The monoisotopic (exact) mass is 507 g/mol. The van der Waals surface area contributed by atoms with Crippen LogP contribution in [-0.2, 0) is 16.0 Å². The first-order valence-corrected chi connectivity index (χ1v) is 12.2. The fourth-order valence-corrected chi connectivity index (χ4v) is 4.93. The minimum absolute atomic E-state index is 0.0262. The van der Waals surface area contributed by atoms with Crippen LogP contribution in [0.2, 0.25) is 0 Å². The molecule has 1 unspecified atom stereocenters. The molecule has 7 nitrogen and oxygen atoms in total. The molecule has 1 aliphatic rings. The molecule has 1 fully saturated rings. The highest BCUT2D eigenvalue weighted by Crippen LogP contribution is 2.33. The second-order valence-corrected chi connectivity index (χ2v) is 9.17. The molecule has 4 rings (SSSR count). The maximum absolute atomic E-state index is 14.3. The third-order valence-corrected chi connectivity index (χ3v) is 6.76. The van der Waals surface area contributed by atoms with Crippen LogP contribution in [0, 0.1) is 5.82 Å². The van der Waals surface area contributed by atoms with Gasteiger partial charge in [0.2, 0.25) is 11.8 Å². The largest absolute Gasteiger partial charge is 0.493 e. The minimum atomic E-state index is -0.662. The Bertz CT molecular complexity index is 1270. The Hall–Kier alpha value is -3.85. The maximum Gasteiger partial charge on any atom is 0.242 e. The molecule has 36 heavy (non-hydrogen) atoms. The standard InChI is InChI=1S/C27H26FN3O4S/c1-34-22-13-12-18(16-23(22)35-2)14-15-31-26(33)24(17-25(32)29-19-8-4-3-5-9-19)36-27(31)30-21-11-7-6-10-20(21)28/h3-13,16,24H,14-15,17H2,1-2H3,(H,29,32). The highest BCUT2D eigenvalue weighted by atomic mass is 32.2. The lowest BCUT2D eigenvalue weighted by Crippen LogP contribution is -2.35. The summed E-state index contributed by atoms with van der Waals surface area (Å²) in [5, 5.41) is 2.51. The molecule has 0 spiro atoms. The number of hydrogen-bond donors (Lipinski definition) is 1. The van der Waals surface area contributed by atoms with E-state index in [-0.39, 0.29) is 23.9 Å². The van der Waals surface area contributed by atoms with Gasteiger partial charge in [0, 0.05) is 18.7 Å². The van der Waals surface area contributed by atoms with Gasteiger partial charge in [0.15, 0.2) is 16.7 Å². The summed E-state index contributed by atoms with van der Waals surface area (Å²) in [6.07, 6.45) is 0.480. The SMILES string of the molecule is COc1ccc(CCN2C(=O)C(CC(=O)Nc3ccccc3)SC2=Nc2ccccc2F)cc1OC. The molecule has 0 aliphatic carbocycles. The van der Waals surface area contributed by atoms with Gasteiger partial charge >= 0.3 is 0 Å². The average Bonchev–Trinajstić information content (AvgIpc) is 3.17. The van der Waals surface area contributed by atoms with Gasteiger partial charge < -0.3 is 14.8 Å². The molecule has 0 aromatic heterocycles. The summed E-state index contributed by atoms with van der Waals surface area (Å²) < 4.78 is 25.0. The number of amidine groups is 1. The number of hydrogen-bond acceptors (Lipinski definition) is 6. The van der Waals surface area contributed by atoms with Gasteiger partial charge in [-0.1, -0.05) is 48.2 Å². The number of nitrogens with zero attached hydrogens (tertiary/aromatic N) is 2. The van der Waals surface area contributed by atoms with Crippen molar-refractivity contribution in [1.29, 1.82) is 0 Å².